The summed E-state index contributed by atoms with van der Waals surface area (Å²) in [7, 11) is 0. The molecule has 0 saturated carbocycles. The maximum atomic E-state index is 6.20. The number of rotatable bonds is 2. The second-order valence-electron chi connectivity index (χ2n) is 4.73. The highest BCUT2D eigenvalue weighted by molar-refractivity contribution is 5.97. The largest absolute Gasteiger partial charge is 0.412 e. The van der Waals surface area contributed by atoms with Crippen molar-refractivity contribution < 1.29 is 5.48 Å². The van der Waals surface area contributed by atoms with E-state index in [0.717, 1.165) is 33.6 Å². The molecule has 0 atom stereocenters. The molecule has 0 amide bonds. The molecule has 0 aliphatic rings. The minimum absolute atomic E-state index is 0. The zero-order valence-corrected chi connectivity index (χ0v) is 11.6. The van der Waals surface area contributed by atoms with Crippen LogP contribution in [0.3, 0.4) is 0 Å². The van der Waals surface area contributed by atoms with Crippen molar-refractivity contribution in [2.45, 2.75) is 0 Å². The molecule has 0 radical (unpaired) electrons. The van der Waals surface area contributed by atoms with Gasteiger partial charge < -0.3 is 16.9 Å². The zero-order valence-electron chi connectivity index (χ0n) is 11.6. The highest BCUT2D eigenvalue weighted by Gasteiger charge is 2.13. The lowest BCUT2D eigenvalue weighted by Gasteiger charge is -2.15. The first-order valence-electron chi connectivity index (χ1n) is 6.56. The van der Waals surface area contributed by atoms with E-state index in [1.807, 2.05) is 48.5 Å². The van der Waals surface area contributed by atoms with Crippen molar-refractivity contribution in [1.82, 2.24) is 0 Å². The molecule has 0 aromatic heterocycles. The van der Waals surface area contributed by atoms with Crippen LogP contribution in [0.2, 0.25) is 0 Å². The van der Waals surface area contributed by atoms with Crippen LogP contribution in [0.15, 0.2) is 72.8 Å². The van der Waals surface area contributed by atoms with Gasteiger partial charge in [-0.15, -0.1) is 0 Å². The van der Waals surface area contributed by atoms with Gasteiger partial charge >= 0.3 is 0 Å². The van der Waals surface area contributed by atoms with Crippen LogP contribution in [0, 0.1) is 0 Å². The third kappa shape index (κ3) is 2.73. The summed E-state index contributed by atoms with van der Waals surface area (Å²) in [5, 5.41) is 0. The third-order valence-electron chi connectivity index (χ3n) is 3.39. The second-order valence-corrected chi connectivity index (χ2v) is 4.73. The van der Waals surface area contributed by atoms with Crippen molar-refractivity contribution in [2.24, 2.45) is 0 Å². The van der Waals surface area contributed by atoms with E-state index >= 15 is 0 Å². The topological polar surface area (TPSA) is 83.5 Å². The summed E-state index contributed by atoms with van der Waals surface area (Å²) in [5.74, 6) is 0. The summed E-state index contributed by atoms with van der Waals surface area (Å²) < 4.78 is 0. The summed E-state index contributed by atoms with van der Waals surface area (Å²) in [6.45, 7) is 0. The van der Waals surface area contributed by atoms with E-state index in [2.05, 4.69) is 24.3 Å². The molecule has 3 aromatic carbocycles. The summed E-state index contributed by atoms with van der Waals surface area (Å²) in [6, 6.07) is 24.0. The summed E-state index contributed by atoms with van der Waals surface area (Å²) in [4.78, 5) is 0. The maximum absolute atomic E-state index is 6.20. The monoisotopic (exact) mass is 278 g/mol. The number of benzene rings is 3. The maximum Gasteiger partial charge on any atom is 0.0401 e. The molecule has 0 unspecified atom stereocenters. The van der Waals surface area contributed by atoms with Gasteiger partial charge in [-0.1, -0.05) is 60.7 Å². The second kappa shape index (κ2) is 6.11. The van der Waals surface area contributed by atoms with Crippen LogP contribution in [-0.4, -0.2) is 5.48 Å². The molecular formula is C18H18N2O. The van der Waals surface area contributed by atoms with Gasteiger partial charge in [0.05, 0.1) is 0 Å². The van der Waals surface area contributed by atoms with E-state index < -0.39 is 0 Å². The van der Waals surface area contributed by atoms with Crippen molar-refractivity contribution in [3.8, 4) is 22.3 Å². The fourth-order valence-corrected chi connectivity index (χ4v) is 2.47. The van der Waals surface area contributed by atoms with Crippen molar-refractivity contribution in [1.29, 1.82) is 0 Å². The number of nitrogen functional groups attached to an aromatic ring is 2. The van der Waals surface area contributed by atoms with E-state index in [0.29, 0.717) is 0 Å². The molecule has 3 rings (SSSR count). The Morgan fingerprint density at radius 3 is 1.14 bits per heavy atom. The van der Waals surface area contributed by atoms with Crippen LogP contribution in [0.5, 0.6) is 0 Å². The first-order chi connectivity index (χ1) is 9.77. The number of hydrogen-bond acceptors (Lipinski definition) is 2. The fraction of sp³-hybridized carbons (Fsp3) is 0. The van der Waals surface area contributed by atoms with Crippen LogP contribution in [0.25, 0.3) is 22.3 Å². The fourth-order valence-electron chi connectivity index (χ4n) is 2.47. The average Bonchev–Trinajstić information content (AvgIpc) is 2.51. The van der Waals surface area contributed by atoms with Crippen molar-refractivity contribution in [3.63, 3.8) is 0 Å². The molecule has 6 N–H and O–H groups in total. The molecule has 0 aliphatic carbocycles. The Morgan fingerprint density at radius 2 is 0.810 bits per heavy atom. The molecule has 3 heteroatoms. The molecule has 0 spiro atoms. The minimum atomic E-state index is 0. The highest BCUT2D eigenvalue weighted by Crippen LogP contribution is 2.40. The summed E-state index contributed by atoms with van der Waals surface area (Å²) in [5.41, 5.74) is 18.0. The summed E-state index contributed by atoms with van der Waals surface area (Å²) >= 11 is 0. The van der Waals surface area contributed by atoms with E-state index in [1.165, 1.54) is 0 Å². The summed E-state index contributed by atoms with van der Waals surface area (Å²) in [6.07, 6.45) is 0. The van der Waals surface area contributed by atoms with Crippen molar-refractivity contribution in [3.05, 3.63) is 72.8 Å². The molecule has 0 saturated heterocycles. The molecule has 0 bridgehead atoms. The van der Waals surface area contributed by atoms with Gasteiger partial charge in [0.25, 0.3) is 0 Å². The van der Waals surface area contributed by atoms with E-state index in [9.17, 15) is 0 Å². The molecule has 3 nitrogen and oxygen atoms in total. The van der Waals surface area contributed by atoms with Crippen LogP contribution >= 0.6 is 0 Å². The first kappa shape index (κ1) is 14.6. The number of anilines is 2. The van der Waals surface area contributed by atoms with Crippen LogP contribution in [0.1, 0.15) is 0 Å². The van der Waals surface area contributed by atoms with Crippen LogP contribution < -0.4 is 11.5 Å². The Bertz CT molecular complexity index is 660. The zero-order chi connectivity index (χ0) is 13.9. The average molecular weight is 278 g/mol. The van der Waals surface area contributed by atoms with Crippen LogP contribution in [-0.2, 0) is 0 Å². The van der Waals surface area contributed by atoms with Gasteiger partial charge in [-0.25, -0.2) is 0 Å². The van der Waals surface area contributed by atoms with E-state index in [-0.39, 0.29) is 5.48 Å². The highest BCUT2D eigenvalue weighted by atomic mass is 16.0. The third-order valence-corrected chi connectivity index (χ3v) is 3.39. The lowest BCUT2D eigenvalue weighted by molar-refractivity contribution is 0.824. The number of hydrogen-bond donors (Lipinski definition) is 2. The van der Waals surface area contributed by atoms with Crippen molar-refractivity contribution >= 4 is 11.4 Å². The number of nitrogens with two attached hydrogens (primary N) is 2. The molecule has 21 heavy (non-hydrogen) atoms. The van der Waals surface area contributed by atoms with Gasteiger partial charge in [0.2, 0.25) is 0 Å². The molecule has 106 valence electrons. The Balaban J connectivity index is 0.00000161. The van der Waals surface area contributed by atoms with E-state index in [4.69, 9.17) is 11.5 Å². The van der Waals surface area contributed by atoms with Gasteiger partial charge in [0.1, 0.15) is 0 Å². The van der Waals surface area contributed by atoms with Crippen LogP contribution in [0.4, 0.5) is 11.4 Å². The van der Waals surface area contributed by atoms with Gasteiger partial charge in [-0.3, -0.25) is 0 Å². The normalized spacial score (nSPS) is 9.90. The first-order valence-corrected chi connectivity index (χ1v) is 6.56. The minimum Gasteiger partial charge on any atom is -0.412 e. The quantitative estimate of drug-likeness (QED) is 0.704. The van der Waals surface area contributed by atoms with Gasteiger partial charge in [0.15, 0.2) is 0 Å². The lowest BCUT2D eigenvalue weighted by atomic mass is 9.92. The smallest absolute Gasteiger partial charge is 0.0401 e. The Hall–Kier alpha value is -2.78. The predicted octanol–water partition coefficient (Wildman–Crippen LogP) is 3.36. The van der Waals surface area contributed by atoms with Crippen molar-refractivity contribution in [2.75, 3.05) is 11.5 Å². The lowest BCUT2D eigenvalue weighted by Crippen LogP contribution is -1.98. The predicted molar refractivity (Wildman–Crippen MR) is 89.8 cm³/mol. The van der Waals surface area contributed by atoms with Gasteiger partial charge in [-0.05, 0) is 23.3 Å². The molecule has 0 heterocycles. The molecule has 0 fully saturated rings. The SMILES string of the molecule is Nc1ccc(N)c(-c2ccccc2)c1-c1ccccc1.O. The Morgan fingerprint density at radius 1 is 0.476 bits per heavy atom. The van der Waals surface area contributed by atoms with Gasteiger partial charge in [0, 0.05) is 22.5 Å². The Labute approximate surface area is 124 Å². The molecular weight excluding hydrogens is 260 g/mol. The molecule has 3 aromatic rings. The van der Waals surface area contributed by atoms with E-state index in [1.54, 1.807) is 0 Å². The standard InChI is InChI=1S/C18H16N2.H2O/c19-15-11-12-16(20)18(14-9-5-2-6-10-14)17(15)13-7-3-1-4-8-13;/h1-12H,19-20H2;1H2. The Kier molecular flexibility index (Phi) is 4.26. The molecule has 0 aliphatic heterocycles. The van der Waals surface area contributed by atoms with Gasteiger partial charge in [-0.2, -0.15) is 0 Å².